The van der Waals surface area contributed by atoms with E-state index in [1.807, 2.05) is 12.1 Å². The summed E-state index contributed by atoms with van der Waals surface area (Å²) >= 11 is 6.07. The second-order valence-corrected chi connectivity index (χ2v) is 6.48. The van der Waals surface area contributed by atoms with E-state index in [0.717, 1.165) is 37.0 Å². The summed E-state index contributed by atoms with van der Waals surface area (Å²) in [5, 5.41) is 0.756. The van der Waals surface area contributed by atoms with Crippen LogP contribution < -0.4 is 4.74 Å². The molecule has 21 heavy (non-hydrogen) atoms. The standard InChI is InChI=1S/C18H18ClNO/c19-15-6-7-16-17-11-20(9-13-4-2-1-3-5-13)10-14(17)12-21-18(16)8-15/h1-8,14,17H,9-12H2. The first-order valence-electron chi connectivity index (χ1n) is 7.48. The quantitative estimate of drug-likeness (QED) is 0.832. The van der Waals surface area contributed by atoms with E-state index >= 15 is 0 Å². The number of nitrogens with zero attached hydrogens (tertiary/aromatic N) is 1. The number of benzene rings is 2. The van der Waals surface area contributed by atoms with E-state index in [2.05, 4.69) is 41.3 Å². The molecule has 0 N–H and O–H groups in total. The number of hydrogen-bond donors (Lipinski definition) is 0. The fraction of sp³-hybridized carbons (Fsp3) is 0.333. The Balaban J connectivity index is 1.54. The first-order valence-corrected chi connectivity index (χ1v) is 7.86. The van der Waals surface area contributed by atoms with Gasteiger partial charge >= 0.3 is 0 Å². The van der Waals surface area contributed by atoms with Crippen LogP contribution in [0.15, 0.2) is 48.5 Å². The Morgan fingerprint density at radius 1 is 1.10 bits per heavy atom. The number of halogens is 1. The van der Waals surface area contributed by atoms with Gasteiger partial charge in [-0.2, -0.15) is 0 Å². The monoisotopic (exact) mass is 299 g/mol. The highest BCUT2D eigenvalue weighted by atomic mass is 35.5. The van der Waals surface area contributed by atoms with Crippen molar-refractivity contribution in [3.8, 4) is 5.75 Å². The van der Waals surface area contributed by atoms with E-state index in [-0.39, 0.29) is 0 Å². The Hall–Kier alpha value is -1.51. The molecule has 1 saturated heterocycles. The van der Waals surface area contributed by atoms with Crippen LogP contribution in [0.3, 0.4) is 0 Å². The third kappa shape index (κ3) is 2.54. The van der Waals surface area contributed by atoms with Gasteiger partial charge in [-0.1, -0.05) is 48.0 Å². The topological polar surface area (TPSA) is 12.5 Å². The van der Waals surface area contributed by atoms with Gasteiger partial charge in [0.2, 0.25) is 0 Å². The molecule has 108 valence electrons. The predicted octanol–water partition coefficient (Wildman–Crippen LogP) is 3.95. The van der Waals surface area contributed by atoms with Crippen LogP contribution >= 0.6 is 11.6 Å². The van der Waals surface area contributed by atoms with Crippen LogP contribution in [0, 0.1) is 5.92 Å². The van der Waals surface area contributed by atoms with Gasteiger partial charge < -0.3 is 4.74 Å². The lowest BCUT2D eigenvalue weighted by Gasteiger charge is -2.27. The van der Waals surface area contributed by atoms with Crippen molar-refractivity contribution < 1.29 is 4.74 Å². The zero-order valence-electron chi connectivity index (χ0n) is 11.8. The Labute approximate surface area is 130 Å². The molecule has 0 saturated carbocycles. The van der Waals surface area contributed by atoms with Gasteiger partial charge in [0.05, 0.1) is 6.61 Å². The van der Waals surface area contributed by atoms with Crippen molar-refractivity contribution in [1.82, 2.24) is 4.90 Å². The molecule has 1 fully saturated rings. The lowest BCUT2D eigenvalue weighted by Crippen LogP contribution is -2.25. The van der Waals surface area contributed by atoms with Gasteiger partial charge in [-0.25, -0.2) is 0 Å². The van der Waals surface area contributed by atoms with Crippen LogP contribution in [0.25, 0.3) is 0 Å². The molecule has 3 heteroatoms. The van der Waals surface area contributed by atoms with Crippen molar-refractivity contribution in [2.45, 2.75) is 12.5 Å². The number of likely N-dealkylation sites (tertiary alicyclic amines) is 1. The van der Waals surface area contributed by atoms with Crippen LogP contribution in [0.4, 0.5) is 0 Å². The smallest absolute Gasteiger partial charge is 0.124 e. The Morgan fingerprint density at radius 2 is 1.95 bits per heavy atom. The highest BCUT2D eigenvalue weighted by Gasteiger charge is 2.38. The summed E-state index contributed by atoms with van der Waals surface area (Å²) in [6.07, 6.45) is 0. The zero-order chi connectivity index (χ0) is 14.2. The molecule has 2 unspecified atom stereocenters. The van der Waals surface area contributed by atoms with Crippen molar-refractivity contribution >= 4 is 11.6 Å². The van der Waals surface area contributed by atoms with Crippen LogP contribution in [0.5, 0.6) is 5.75 Å². The summed E-state index contributed by atoms with van der Waals surface area (Å²) in [5.74, 6) is 2.16. The van der Waals surface area contributed by atoms with E-state index < -0.39 is 0 Å². The summed E-state index contributed by atoms with van der Waals surface area (Å²) in [6, 6.07) is 16.8. The minimum atomic E-state index is 0.578. The molecule has 4 rings (SSSR count). The Kier molecular flexibility index (Phi) is 3.36. The SMILES string of the molecule is Clc1ccc2c(c1)OCC1CN(Cc3ccccc3)CC21. The Bertz CT molecular complexity index is 643. The van der Waals surface area contributed by atoms with Gasteiger partial charge in [-0.3, -0.25) is 4.90 Å². The average molecular weight is 300 g/mol. The van der Waals surface area contributed by atoms with E-state index in [1.54, 1.807) is 0 Å². The summed E-state index contributed by atoms with van der Waals surface area (Å²) in [4.78, 5) is 2.54. The number of rotatable bonds is 2. The van der Waals surface area contributed by atoms with Gasteiger partial charge in [0, 0.05) is 36.5 Å². The first-order chi connectivity index (χ1) is 10.3. The molecule has 0 amide bonds. The molecule has 2 aromatic rings. The maximum absolute atomic E-state index is 6.07. The maximum atomic E-state index is 6.07. The minimum Gasteiger partial charge on any atom is -0.493 e. The normalized spacial score (nSPS) is 24.2. The lowest BCUT2D eigenvalue weighted by molar-refractivity contribution is 0.212. The number of ether oxygens (including phenoxy) is 1. The summed E-state index contributed by atoms with van der Waals surface area (Å²) in [6.45, 7) is 4.05. The molecule has 2 atom stereocenters. The minimum absolute atomic E-state index is 0.578. The van der Waals surface area contributed by atoms with Crippen molar-refractivity contribution in [2.75, 3.05) is 19.7 Å². The van der Waals surface area contributed by atoms with E-state index in [0.29, 0.717) is 11.8 Å². The number of fused-ring (bicyclic) bond motifs is 3. The second kappa shape index (κ2) is 5.36. The molecule has 2 aliphatic heterocycles. The molecule has 0 radical (unpaired) electrons. The average Bonchev–Trinajstić information content (AvgIpc) is 2.90. The molecule has 0 spiro atoms. The third-order valence-corrected chi connectivity index (χ3v) is 4.83. The molecule has 2 nitrogen and oxygen atoms in total. The molecular formula is C18H18ClNO. The summed E-state index contributed by atoms with van der Waals surface area (Å²) in [7, 11) is 0. The third-order valence-electron chi connectivity index (χ3n) is 4.59. The molecular weight excluding hydrogens is 282 g/mol. The fourth-order valence-electron chi connectivity index (χ4n) is 3.59. The van der Waals surface area contributed by atoms with Crippen LogP contribution in [0.2, 0.25) is 5.02 Å². The van der Waals surface area contributed by atoms with Crippen molar-refractivity contribution in [2.24, 2.45) is 5.92 Å². The van der Waals surface area contributed by atoms with Gasteiger partial charge in [0.1, 0.15) is 5.75 Å². The Morgan fingerprint density at radius 3 is 2.81 bits per heavy atom. The van der Waals surface area contributed by atoms with E-state index in [1.165, 1.54) is 11.1 Å². The highest BCUT2D eigenvalue weighted by molar-refractivity contribution is 6.30. The van der Waals surface area contributed by atoms with Crippen LogP contribution in [-0.4, -0.2) is 24.6 Å². The van der Waals surface area contributed by atoms with Crippen molar-refractivity contribution in [1.29, 1.82) is 0 Å². The fourth-order valence-corrected chi connectivity index (χ4v) is 3.75. The zero-order valence-corrected chi connectivity index (χ0v) is 12.6. The van der Waals surface area contributed by atoms with E-state index in [4.69, 9.17) is 16.3 Å². The van der Waals surface area contributed by atoms with E-state index in [9.17, 15) is 0 Å². The number of hydrogen-bond acceptors (Lipinski definition) is 2. The van der Waals surface area contributed by atoms with Crippen molar-refractivity contribution in [3.05, 3.63) is 64.7 Å². The van der Waals surface area contributed by atoms with Gasteiger partial charge in [0.25, 0.3) is 0 Å². The molecule has 2 aliphatic rings. The van der Waals surface area contributed by atoms with Crippen LogP contribution in [0.1, 0.15) is 17.0 Å². The summed E-state index contributed by atoms with van der Waals surface area (Å²) in [5.41, 5.74) is 2.71. The van der Waals surface area contributed by atoms with Gasteiger partial charge in [-0.15, -0.1) is 0 Å². The molecule has 2 heterocycles. The maximum Gasteiger partial charge on any atom is 0.124 e. The lowest BCUT2D eigenvalue weighted by atomic mass is 9.87. The summed E-state index contributed by atoms with van der Waals surface area (Å²) < 4.78 is 5.91. The highest BCUT2D eigenvalue weighted by Crippen LogP contribution is 2.42. The van der Waals surface area contributed by atoms with Crippen molar-refractivity contribution in [3.63, 3.8) is 0 Å². The predicted molar refractivity (Wildman–Crippen MR) is 84.9 cm³/mol. The molecule has 2 aromatic carbocycles. The molecule has 0 aromatic heterocycles. The largest absolute Gasteiger partial charge is 0.493 e. The van der Waals surface area contributed by atoms with Crippen LogP contribution in [-0.2, 0) is 6.54 Å². The second-order valence-electron chi connectivity index (χ2n) is 6.04. The molecule has 0 bridgehead atoms. The van der Waals surface area contributed by atoms with Gasteiger partial charge in [-0.05, 0) is 23.3 Å². The van der Waals surface area contributed by atoms with Gasteiger partial charge in [0.15, 0.2) is 0 Å². The molecule has 0 aliphatic carbocycles. The first kappa shape index (κ1) is 13.2.